The molecule has 1 fully saturated rings. The zero-order valence-electron chi connectivity index (χ0n) is 19.7. The fourth-order valence-electron chi connectivity index (χ4n) is 5.42. The second-order valence-corrected chi connectivity index (χ2v) is 9.32. The Hall–Kier alpha value is -3.16. The van der Waals surface area contributed by atoms with Gasteiger partial charge in [0, 0.05) is 63.9 Å². The van der Waals surface area contributed by atoms with E-state index >= 15 is 0 Å². The first kappa shape index (κ1) is 21.7. The topological polar surface area (TPSA) is 81.7 Å². The third-order valence-corrected chi connectivity index (χ3v) is 7.25. The number of nitrogens with zero attached hydrogens (tertiary/aromatic N) is 5. The highest BCUT2D eigenvalue weighted by molar-refractivity contribution is 5.95. The summed E-state index contributed by atoms with van der Waals surface area (Å²) in [7, 11) is 3.96. The molecule has 0 spiro atoms. The minimum Gasteiger partial charge on any atom is -0.374 e. The number of rotatable bonds is 3. The molecule has 8 nitrogen and oxygen atoms in total. The maximum Gasteiger partial charge on any atom is 0.254 e. The fraction of sp³-hybridized carbons (Fsp3) is 0.520. The van der Waals surface area contributed by atoms with Crippen LogP contribution in [0.3, 0.4) is 0 Å². The molecule has 1 atom stereocenters. The van der Waals surface area contributed by atoms with E-state index in [2.05, 4.69) is 29.4 Å². The van der Waals surface area contributed by atoms with Crippen LogP contribution in [-0.2, 0) is 24.2 Å². The van der Waals surface area contributed by atoms with Crippen LogP contribution in [-0.4, -0.2) is 65.3 Å². The summed E-state index contributed by atoms with van der Waals surface area (Å²) in [5.41, 5.74) is 5.20. The van der Waals surface area contributed by atoms with E-state index < -0.39 is 0 Å². The van der Waals surface area contributed by atoms with Crippen LogP contribution in [0.1, 0.15) is 65.2 Å². The quantitative estimate of drug-likeness (QED) is 0.778. The molecule has 1 aromatic carbocycles. The number of likely N-dealkylation sites (tertiary alicyclic amines) is 1. The summed E-state index contributed by atoms with van der Waals surface area (Å²) in [6.45, 7) is 4.56. The molecule has 3 aliphatic rings. The Morgan fingerprint density at radius 1 is 1.09 bits per heavy atom. The lowest BCUT2D eigenvalue weighted by Crippen LogP contribution is -2.36. The number of aryl methyl sites for hydroxylation is 1. The van der Waals surface area contributed by atoms with Gasteiger partial charge in [0.1, 0.15) is 5.82 Å². The van der Waals surface area contributed by atoms with E-state index in [1.165, 1.54) is 11.3 Å². The molecule has 5 rings (SSSR count). The maximum absolute atomic E-state index is 13.6. The van der Waals surface area contributed by atoms with Crippen LogP contribution < -0.4 is 10.2 Å². The predicted molar refractivity (Wildman–Crippen MR) is 127 cm³/mol. The fourth-order valence-corrected chi connectivity index (χ4v) is 5.42. The Morgan fingerprint density at radius 2 is 1.94 bits per heavy atom. The number of fused-ring (bicyclic) bond motifs is 2. The molecule has 33 heavy (non-hydrogen) atoms. The van der Waals surface area contributed by atoms with Gasteiger partial charge >= 0.3 is 0 Å². The van der Waals surface area contributed by atoms with E-state index in [-0.39, 0.29) is 17.9 Å². The maximum atomic E-state index is 13.6. The molecule has 3 aliphatic heterocycles. The van der Waals surface area contributed by atoms with Gasteiger partial charge in [-0.2, -0.15) is 0 Å². The number of carbonyl (C=O) groups is 2. The highest BCUT2D eigenvalue weighted by Crippen LogP contribution is 2.35. The van der Waals surface area contributed by atoms with Crippen LogP contribution in [0.4, 0.5) is 11.5 Å². The highest BCUT2D eigenvalue weighted by Gasteiger charge is 2.34. The summed E-state index contributed by atoms with van der Waals surface area (Å²) in [5.74, 6) is 1.59. The molecule has 0 bridgehead atoms. The van der Waals surface area contributed by atoms with E-state index in [0.29, 0.717) is 31.9 Å². The second-order valence-electron chi connectivity index (χ2n) is 9.32. The summed E-state index contributed by atoms with van der Waals surface area (Å²) in [4.78, 5) is 41.2. The van der Waals surface area contributed by atoms with E-state index in [9.17, 15) is 9.59 Å². The SMILES string of the molecule is CNc1nc(C2CCCN2C(=O)c2ccc3c(c2)CCCN3C)nc2c1CN(C(C)=O)CC2. The second kappa shape index (κ2) is 8.65. The summed E-state index contributed by atoms with van der Waals surface area (Å²) >= 11 is 0. The summed E-state index contributed by atoms with van der Waals surface area (Å²) < 4.78 is 0. The van der Waals surface area contributed by atoms with Crippen molar-refractivity contribution in [3.8, 4) is 0 Å². The average Bonchev–Trinajstić information content (AvgIpc) is 3.32. The first-order valence-electron chi connectivity index (χ1n) is 11.9. The Kier molecular flexibility index (Phi) is 5.68. The summed E-state index contributed by atoms with van der Waals surface area (Å²) in [5, 5.41) is 3.20. The van der Waals surface area contributed by atoms with Gasteiger partial charge < -0.3 is 20.0 Å². The van der Waals surface area contributed by atoms with Gasteiger partial charge in [0.15, 0.2) is 5.82 Å². The third-order valence-electron chi connectivity index (χ3n) is 7.25. The Bertz CT molecular complexity index is 1080. The first-order chi connectivity index (χ1) is 16.0. The van der Waals surface area contributed by atoms with E-state index in [1.807, 2.05) is 22.9 Å². The van der Waals surface area contributed by atoms with Gasteiger partial charge in [-0.3, -0.25) is 9.59 Å². The molecule has 174 valence electrons. The molecule has 1 unspecified atom stereocenters. The minimum atomic E-state index is -0.126. The largest absolute Gasteiger partial charge is 0.374 e. The Labute approximate surface area is 195 Å². The number of benzene rings is 1. The zero-order valence-corrected chi connectivity index (χ0v) is 19.7. The Morgan fingerprint density at radius 3 is 2.73 bits per heavy atom. The van der Waals surface area contributed by atoms with Gasteiger partial charge in [-0.05, 0) is 49.4 Å². The van der Waals surface area contributed by atoms with Crippen molar-refractivity contribution in [1.82, 2.24) is 19.8 Å². The third kappa shape index (κ3) is 3.92. The zero-order chi connectivity index (χ0) is 23.1. The smallest absolute Gasteiger partial charge is 0.254 e. The van der Waals surface area contributed by atoms with E-state index in [1.54, 1.807) is 6.92 Å². The number of anilines is 2. The van der Waals surface area contributed by atoms with Gasteiger partial charge in [0.2, 0.25) is 5.91 Å². The Balaban J connectivity index is 1.43. The lowest BCUT2D eigenvalue weighted by atomic mass is 9.99. The number of hydrogen-bond donors (Lipinski definition) is 1. The van der Waals surface area contributed by atoms with Crippen molar-refractivity contribution >= 4 is 23.3 Å². The number of aromatic nitrogens is 2. The molecule has 0 saturated carbocycles. The number of amides is 2. The first-order valence-corrected chi connectivity index (χ1v) is 11.9. The van der Waals surface area contributed by atoms with Crippen molar-refractivity contribution in [1.29, 1.82) is 0 Å². The number of carbonyl (C=O) groups excluding carboxylic acids is 2. The average molecular weight is 449 g/mol. The molecule has 4 heterocycles. The molecular formula is C25H32N6O2. The van der Waals surface area contributed by atoms with Crippen molar-refractivity contribution in [3.05, 3.63) is 46.4 Å². The predicted octanol–water partition coefficient (Wildman–Crippen LogP) is 2.78. The summed E-state index contributed by atoms with van der Waals surface area (Å²) in [6, 6.07) is 5.99. The normalized spacial score (nSPS) is 19.8. The van der Waals surface area contributed by atoms with Crippen molar-refractivity contribution < 1.29 is 9.59 Å². The molecule has 1 N–H and O–H groups in total. The molecule has 1 aromatic heterocycles. The lowest BCUT2D eigenvalue weighted by Gasteiger charge is -2.31. The highest BCUT2D eigenvalue weighted by atomic mass is 16.2. The van der Waals surface area contributed by atoms with Crippen molar-refractivity contribution in [3.63, 3.8) is 0 Å². The summed E-state index contributed by atoms with van der Waals surface area (Å²) in [6.07, 6.45) is 4.64. The molecule has 0 radical (unpaired) electrons. The van der Waals surface area contributed by atoms with Gasteiger partial charge in [0.25, 0.3) is 5.91 Å². The van der Waals surface area contributed by atoms with Crippen molar-refractivity contribution in [2.24, 2.45) is 0 Å². The number of hydrogen-bond acceptors (Lipinski definition) is 6. The van der Waals surface area contributed by atoms with Crippen LogP contribution in [0, 0.1) is 0 Å². The van der Waals surface area contributed by atoms with Gasteiger partial charge in [-0.1, -0.05) is 0 Å². The molecule has 1 saturated heterocycles. The van der Waals surface area contributed by atoms with Crippen LogP contribution >= 0.6 is 0 Å². The molecule has 8 heteroatoms. The van der Waals surface area contributed by atoms with E-state index in [4.69, 9.17) is 9.97 Å². The molecular weight excluding hydrogens is 416 g/mol. The van der Waals surface area contributed by atoms with Crippen LogP contribution in [0.5, 0.6) is 0 Å². The van der Waals surface area contributed by atoms with Crippen molar-refractivity contribution in [2.45, 2.75) is 51.6 Å². The van der Waals surface area contributed by atoms with Crippen LogP contribution in [0.2, 0.25) is 0 Å². The van der Waals surface area contributed by atoms with Crippen molar-refractivity contribution in [2.75, 3.05) is 43.9 Å². The molecule has 2 aromatic rings. The monoisotopic (exact) mass is 448 g/mol. The van der Waals surface area contributed by atoms with Crippen LogP contribution in [0.25, 0.3) is 0 Å². The molecule has 0 aliphatic carbocycles. The number of nitrogens with one attached hydrogen (secondary N) is 1. The van der Waals surface area contributed by atoms with Gasteiger partial charge in [-0.25, -0.2) is 9.97 Å². The van der Waals surface area contributed by atoms with Gasteiger partial charge in [0.05, 0.1) is 18.3 Å². The lowest BCUT2D eigenvalue weighted by molar-refractivity contribution is -0.129. The van der Waals surface area contributed by atoms with Gasteiger partial charge in [-0.15, -0.1) is 0 Å². The standard InChI is InChI=1S/C25H32N6O2/c1-16(32)30-13-10-20-19(15-30)23(26-2)28-24(27-20)22-7-5-12-31(22)25(33)18-8-9-21-17(14-18)6-4-11-29(21)3/h8-9,14,22H,4-7,10-13,15H2,1-3H3,(H,26,27,28). The minimum absolute atomic E-state index is 0.0589. The van der Waals surface area contributed by atoms with Crippen LogP contribution in [0.15, 0.2) is 18.2 Å². The molecule has 2 amide bonds. The van der Waals surface area contributed by atoms with E-state index in [0.717, 1.165) is 54.9 Å².